The van der Waals surface area contributed by atoms with Gasteiger partial charge in [-0.3, -0.25) is 4.98 Å². The molecule has 0 unspecified atom stereocenters. The molecular formula is C15H16FN. The largest absolute Gasteiger partial charge is 0.264 e. The van der Waals surface area contributed by atoms with E-state index in [2.05, 4.69) is 4.98 Å². The van der Waals surface area contributed by atoms with Crippen LogP contribution in [0.15, 0.2) is 30.6 Å². The number of aromatic nitrogens is 1. The number of fused-ring (bicyclic) bond motifs is 1. The van der Waals surface area contributed by atoms with E-state index in [0.29, 0.717) is 11.3 Å². The molecule has 1 fully saturated rings. The summed E-state index contributed by atoms with van der Waals surface area (Å²) in [5.41, 5.74) is 1.29. The first-order valence-electron chi connectivity index (χ1n) is 6.38. The lowest BCUT2D eigenvalue weighted by Crippen LogP contribution is -2.05. The molecule has 1 heterocycles. The smallest absolute Gasteiger partial charge is 0.131 e. The molecule has 1 aliphatic carbocycles. The molecule has 88 valence electrons. The Morgan fingerprint density at radius 2 is 1.82 bits per heavy atom. The van der Waals surface area contributed by atoms with Crippen LogP contribution in [0.1, 0.15) is 43.6 Å². The summed E-state index contributed by atoms with van der Waals surface area (Å²) in [6.07, 6.45) is 9.87. The molecule has 1 aromatic heterocycles. The van der Waals surface area contributed by atoms with Gasteiger partial charge in [-0.25, -0.2) is 4.39 Å². The first-order valence-corrected chi connectivity index (χ1v) is 6.38. The molecule has 1 saturated carbocycles. The summed E-state index contributed by atoms with van der Waals surface area (Å²) in [4.78, 5) is 4.14. The van der Waals surface area contributed by atoms with Crippen LogP contribution in [0.5, 0.6) is 0 Å². The van der Waals surface area contributed by atoms with E-state index in [1.54, 1.807) is 18.3 Å². The molecule has 0 aliphatic heterocycles. The zero-order chi connectivity index (χ0) is 11.7. The second-order valence-electron chi connectivity index (χ2n) is 4.89. The minimum atomic E-state index is -0.137. The van der Waals surface area contributed by atoms with Crippen LogP contribution < -0.4 is 0 Å². The van der Waals surface area contributed by atoms with E-state index < -0.39 is 0 Å². The Morgan fingerprint density at radius 1 is 1.00 bits per heavy atom. The van der Waals surface area contributed by atoms with Gasteiger partial charge in [-0.05, 0) is 36.5 Å². The van der Waals surface area contributed by atoms with Crippen LogP contribution in [0.2, 0.25) is 0 Å². The fourth-order valence-corrected chi connectivity index (χ4v) is 2.94. The fourth-order valence-electron chi connectivity index (χ4n) is 2.94. The van der Waals surface area contributed by atoms with Crippen molar-refractivity contribution in [1.82, 2.24) is 4.98 Å². The van der Waals surface area contributed by atoms with Gasteiger partial charge >= 0.3 is 0 Å². The number of rotatable bonds is 1. The highest BCUT2D eigenvalue weighted by Crippen LogP contribution is 2.36. The molecule has 1 aliphatic rings. The van der Waals surface area contributed by atoms with Gasteiger partial charge in [0.15, 0.2) is 0 Å². The SMILES string of the molecule is Fc1ccc(C2CCCCC2)c2cnccc12. The second-order valence-corrected chi connectivity index (χ2v) is 4.89. The van der Waals surface area contributed by atoms with E-state index >= 15 is 0 Å². The van der Waals surface area contributed by atoms with Gasteiger partial charge in [-0.1, -0.05) is 25.3 Å². The number of halogens is 1. The van der Waals surface area contributed by atoms with E-state index in [0.717, 1.165) is 5.39 Å². The Balaban J connectivity index is 2.12. The molecule has 2 heteroatoms. The van der Waals surface area contributed by atoms with Crippen molar-refractivity contribution in [2.45, 2.75) is 38.0 Å². The molecule has 0 radical (unpaired) electrons. The zero-order valence-corrected chi connectivity index (χ0v) is 9.82. The molecule has 3 rings (SSSR count). The summed E-state index contributed by atoms with van der Waals surface area (Å²) < 4.78 is 13.7. The van der Waals surface area contributed by atoms with Crippen LogP contribution in [0.25, 0.3) is 10.8 Å². The van der Waals surface area contributed by atoms with Crippen molar-refractivity contribution in [2.24, 2.45) is 0 Å². The van der Waals surface area contributed by atoms with Crippen LogP contribution in [-0.4, -0.2) is 4.98 Å². The molecule has 17 heavy (non-hydrogen) atoms. The minimum Gasteiger partial charge on any atom is -0.264 e. The number of benzene rings is 1. The number of pyridine rings is 1. The van der Waals surface area contributed by atoms with Crippen molar-refractivity contribution in [3.05, 3.63) is 42.0 Å². The predicted molar refractivity (Wildman–Crippen MR) is 67.5 cm³/mol. The molecule has 2 aromatic rings. The van der Waals surface area contributed by atoms with Crippen LogP contribution in [0.3, 0.4) is 0 Å². The average molecular weight is 229 g/mol. The molecule has 1 aromatic carbocycles. The molecule has 0 spiro atoms. The third-order valence-corrected chi connectivity index (χ3v) is 3.84. The Morgan fingerprint density at radius 3 is 2.65 bits per heavy atom. The number of nitrogens with zero attached hydrogens (tertiary/aromatic N) is 1. The van der Waals surface area contributed by atoms with Gasteiger partial charge in [0.25, 0.3) is 0 Å². The van der Waals surface area contributed by atoms with Gasteiger partial charge in [0, 0.05) is 23.2 Å². The van der Waals surface area contributed by atoms with Crippen LogP contribution in [0.4, 0.5) is 4.39 Å². The zero-order valence-electron chi connectivity index (χ0n) is 9.82. The number of hydrogen-bond donors (Lipinski definition) is 0. The summed E-state index contributed by atoms with van der Waals surface area (Å²) >= 11 is 0. The van der Waals surface area contributed by atoms with E-state index in [1.165, 1.54) is 37.7 Å². The van der Waals surface area contributed by atoms with Crippen molar-refractivity contribution in [2.75, 3.05) is 0 Å². The first kappa shape index (κ1) is 10.7. The standard InChI is InChI=1S/C15H16FN/c16-15-7-6-12(11-4-2-1-3-5-11)14-10-17-9-8-13(14)15/h6-11H,1-5H2. The summed E-state index contributed by atoms with van der Waals surface area (Å²) in [6, 6.07) is 5.33. The van der Waals surface area contributed by atoms with Gasteiger partial charge < -0.3 is 0 Å². The quantitative estimate of drug-likeness (QED) is 0.705. The van der Waals surface area contributed by atoms with Crippen LogP contribution >= 0.6 is 0 Å². The summed E-state index contributed by atoms with van der Waals surface area (Å²) in [6.45, 7) is 0. The van der Waals surface area contributed by atoms with E-state index in [9.17, 15) is 4.39 Å². The maximum Gasteiger partial charge on any atom is 0.131 e. The molecule has 0 amide bonds. The predicted octanol–water partition coefficient (Wildman–Crippen LogP) is 4.42. The Hall–Kier alpha value is -1.44. The molecule has 0 bridgehead atoms. The molecule has 0 saturated heterocycles. The number of hydrogen-bond acceptors (Lipinski definition) is 1. The van der Waals surface area contributed by atoms with Crippen LogP contribution in [-0.2, 0) is 0 Å². The molecule has 0 N–H and O–H groups in total. The van der Waals surface area contributed by atoms with Gasteiger partial charge in [-0.2, -0.15) is 0 Å². The topological polar surface area (TPSA) is 12.9 Å². The lowest BCUT2D eigenvalue weighted by atomic mass is 9.82. The Bertz CT molecular complexity index is 529. The monoisotopic (exact) mass is 229 g/mol. The second kappa shape index (κ2) is 4.44. The maximum atomic E-state index is 13.7. The highest BCUT2D eigenvalue weighted by Gasteiger charge is 2.18. The molecule has 0 atom stereocenters. The Kier molecular flexibility index (Phi) is 2.79. The molecule has 1 nitrogen and oxygen atoms in total. The maximum absolute atomic E-state index is 13.7. The van der Waals surface area contributed by atoms with E-state index in [1.807, 2.05) is 12.3 Å². The normalized spacial score (nSPS) is 17.5. The summed E-state index contributed by atoms with van der Waals surface area (Å²) in [5.74, 6) is 0.456. The lowest BCUT2D eigenvalue weighted by molar-refractivity contribution is 0.445. The van der Waals surface area contributed by atoms with Crippen molar-refractivity contribution >= 4 is 10.8 Å². The van der Waals surface area contributed by atoms with Crippen LogP contribution in [0, 0.1) is 5.82 Å². The highest BCUT2D eigenvalue weighted by atomic mass is 19.1. The summed E-state index contributed by atoms with van der Waals surface area (Å²) in [5, 5.41) is 1.71. The van der Waals surface area contributed by atoms with Crippen molar-refractivity contribution in [1.29, 1.82) is 0 Å². The van der Waals surface area contributed by atoms with Crippen molar-refractivity contribution < 1.29 is 4.39 Å². The lowest BCUT2D eigenvalue weighted by Gasteiger charge is -2.23. The molecular weight excluding hydrogens is 213 g/mol. The summed E-state index contributed by atoms with van der Waals surface area (Å²) in [7, 11) is 0. The van der Waals surface area contributed by atoms with Gasteiger partial charge in [0.05, 0.1) is 0 Å². The van der Waals surface area contributed by atoms with E-state index in [-0.39, 0.29) is 5.82 Å². The van der Waals surface area contributed by atoms with Gasteiger partial charge in [0.2, 0.25) is 0 Å². The van der Waals surface area contributed by atoms with Crippen molar-refractivity contribution in [3.8, 4) is 0 Å². The van der Waals surface area contributed by atoms with Gasteiger partial charge in [-0.15, -0.1) is 0 Å². The minimum absolute atomic E-state index is 0.137. The third-order valence-electron chi connectivity index (χ3n) is 3.84. The van der Waals surface area contributed by atoms with E-state index in [4.69, 9.17) is 0 Å². The van der Waals surface area contributed by atoms with Gasteiger partial charge in [0.1, 0.15) is 5.82 Å². The Labute approximate surface area is 101 Å². The highest BCUT2D eigenvalue weighted by molar-refractivity contribution is 5.85. The third kappa shape index (κ3) is 1.92. The fraction of sp³-hybridized carbons (Fsp3) is 0.400. The first-order chi connectivity index (χ1) is 8.36. The van der Waals surface area contributed by atoms with Crippen molar-refractivity contribution in [3.63, 3.8) is 0 Å². The average Bonchev–Trinajstić information content (AvgIpc) is 2.41.